The molecular weight excluding hydrogens is 441 g/mol. The molecule has 0 amide bonds. The predicted octanol–water partition coefficient (Wildman–Crippen LogP) is 4.35. The molecule has 1 fully saturated rings. The van der Waals surface area contributed by atoms with Crippen LogP contribution in [-0.4, -0.2) is 43.1 Å². The van der Waals surface area contributed by atoms with Crippen LogP contribution in [0.1, 0.15) is 24.8 Å². The summed E-state index contributed by atoms with van der Waals surface area (Å²) in [6.45, 7) is 1.08. The zero-order valence-corrected chi connectivity index (χ0v) is 18.6. The van der Waals surface area contributed by atoms with Crippen LogP contribution in [0, 0.1) is 5.82 Å². The van der Waals surface area contributed by atoms with Crippen molar-refractivity contribution < 1.29 is 22.0 Å². The number of halogens is 1. The Kier molecular flexibility index (Phi) is 6.59. The van der Waals surface area contributed by atoms with E-state index in [0.717, 1.165) is 24.8 Å². The third-order valence-corrected chi connectivity index (χ3v) is 7.80. The Morgan fingerprint density at radius 1 is 1.13 bits per heavy atom. The van der Waals surface area contributed by atoms with Crippen molar-refractivity contribution >= 4 is 21.8 Å². The normalized spacial score (nSPS) is 15.2. The molecule has 1 saturated heterocycles. The van der Waals surface area contributed by atoms with Gasteiger partial charge in [-0.2, -0.15) is 4.31 Å². The van der Waals surface area contributed by atoms with Crippen molar-refractivity contribution in [2.75, 3.05) is 20.2 Å². The van der Waals surface area contributed by atoms with Crippen LogP contribution >= 0.6 is 11.8 Å². The maximum Gasteiger partial charge on any atom is 0.277 e. The summed E-state index contributed by atoms with van der Waals surface area (Å²) in [5.74, 6) is 0.428. The van der Waals surface area contributed by atoms with Crippen molar-refractivity contribution in [3.63, 3.8) is 0 Å². The maximum absolute atomic E-state index is 13.8. The van der Waals surface area contributed by atoms with Crippen LogP contribution in [0.5, 0.6) is 5.75 Å². The molecular formula is C21H22FN3O4S2. The van der Waals surface area contributed by atoms with Gasteiger partial charge in [-0.05, 0) is 48.7 Å². The molecule has 164 valence electrons. The van der Waals surface area contributed by atoms with Crippen LogP contribution in [0.3, 0.4) is 0 Å². The summed E-state index contributed by atoms with van der Waals surface area (Å²) in [5.41, 5.74) is 1.28. The molecule has 0 saturated carbocycles. The third kappa shape index (κ3) is 4.91. The molecule has 2 aromatic carbocycles. The van der Waals surface area contributed by atoms with Gasteiger partial charge in [0.1, 0.15) is 0 Å². The lowest BCUT2D eigenvalue weighted by molar-refractivity contribution is 0.346. The number of nitrogens with zero attached hydrogens (tertiary/aromatic N) is 3. The van der Waals surface area contributed by atoms with Crippen LogP contribution in [0.25, 0.3) is 11.5 Å². The monoisotopic (exact) mass is 463 g/mol. The molecule has 0 unspecified atom stereocenters. The van der Waals surface area contributed by atoms with Gasteiger partial charge in [0.25, 0.3) is 5.22 Å². The molecule has 0 radical (unpaired) electrons. The molecule has 1 aliphatic rings. The van der Waals surface area contributed by atoms with E-state index in [0.29, 0.717) is 29.6 Å². The topological polar surface area (TPSA) is 85.5 Å². The van der Waals surface area contributed by atoms with Crippen molar-refractivity contribution in [3.05, 3.63) is 53.8 Å². The minimum Gasteiger partial charge on any atom is -0.494 e. The van der Waals surface area contributed by atoms with Gasteiger partial charge >= 0.3 is 0 Å². The van der Waals surface area contributed by atoms with Crippen molar-refractivity contribution in [2.24, 2.45) is 0 Å². The molecule has 31 heavy (non-hydrogen) atoms. The molecule has 0 aliphatic carbocycles. The first kappa shape index (κ1) is 21.8. The van der Waals surface area contributed by atoms with Crippen molar-refractivity contribution in [1.82, 2.24) is 14.5 Å². The van der Waals surface area contributed by atoms with E-state index < -0.39 is 15.8 Å². The minimum absolute atomic E-state index is 0.188. The van der Waals surface area contributed by atoms with Crippen LogP contribution in [0.15, 0.2) is 57.0 Å². The average molecular weight is 464 g/mol. The molecule has 2 heterocycles. The molecule has 0 atom stereocenters. The summed E-state index contributed by atoms with van der Waals surface area (Å²) in [6, 6.07) is 11.3. The van der Waals surface area contributed by atoms with Crippen LogP contribution in [0.4, 0.5) is 4.39 Å². The summed E-state index contributed by atoms with van der Waals surface area (Å²) in [6.07, 6.45) is 2.81. The highest BCUT2D eigenvalue weighted by atomic mass is 32.2. The Morgan fingerprint density at radius 2 is 1.94 bits per heavy atom. The highest BCUT2D eigenvalue weighted by Gasteiger charge is 2.26. The predicted molar refractivity (Wildman–Crippen MR) is 115 cm³/mol. The van der Waals surface area contributed by atoms with E-state index in [2.05, 4.69) is 10.2 Å². The van der Waals surface area contributed by atoms with Gasteiger partial charge < -0.3 is 9.15 Å². The third-order valence-electron chi connectivity index (χ3n) is 5.02. The SMILES string of the molecule is COc1ccc(CSc2nnc(-c3cccc(S(=O)(=O)N4CCCCC4)c3)o2)cc1F. The van der Waals surface area contributed by atoms with Crippen molar-refractivity contribution in [1.29, 1.82) is 0 Å². The van der Waals surface area contributed by atoms with Crippen LogP contribution in [0.2, 0.25) is 0 Å². The van der Waals surface area contributed by atoms with Gasteiger partial charge in [-0.25, -0.2) is 12.8 Å². The van der Waals surface area contributed by atoms with Gasteiger partial charge in [-0.3, -0.25) is 0 Å². The lowest BCUT2D eigenvalue weighted by Crippen LogP contribution is -2.35. The number of thioether (sulfide) groups is 1. The lowest BCUT2D eigenvalue weighted by Gasteiger charge is -2.25. The Morgan fingerprint density at radius 3 is 2.68 bits per heavy atom. The Labute approximate surface area is 184 Å². The second kappa shape index (κ2) is 9.37. The standard InChI is InChI=1S/C21H22FN3O4S2/c1-28-19-9-8-15(12-18(19)22)14-30-21-24-23-20(29-21)16-6-5-7-17(13-16)31(26,27)25-10-3-2-4-11-25/h5-9,12-13H,2-4,10-11,14H2,1H3. The second-order valence-electron chi connectivity index (χ2n) is 7.12. The first-order valence-corrected chi connectivity index (χ1v) is 12.3. The highest BCUT2D eigenvalue weighted by molar-refractivity contribution is 7.98. The second-order valence-corrected chi connectivity index (χ2v) is 9.99. The molecule has 7 nitrogen and oxygen atoms in total. The molecule has 0 bridgehead atoms. The fraction of sp³-hybridized carbons (Fsp3) is 0.333. The van der Waals surface area contributed by atoms with Gasteiger partial charge in [0.2, 0.25) is 15.9 Å². The number of methoxy groups -OCH3 is 1. The van der Waals surface area contributed by atoms with Gasteiger partial charge in [0.15, 0.2) is 11.6 Å². The quantitative estimate of drug-likeness (QED) is 0.482. The number of sulfonamides is 1. The van der Waals surface area contributed by atoms with E-state index in [1.807, 2.05) is 0 Å². The fourth-order valence-electron chi connectivity index (χ4n) is 3.37. The summed E-state index contributed by atoms with van der Waals surface area (Å²) in [7, 11) is -2.13. The zero-order chi connectivity index (χ0) is 21.8. The number of rotatable bonds is 7. The van der Waals surface area contributed by atoms with E-state index in [1.54, 1.807) is 36.4 Å². The van der Waals surface area contributed by atoms with E-state index in [9.17, 15) is 12.8 Å². The first-order chi connectivity index (χ1) is 15.0. The summed E-state index contributed by atoms with van der Waals surface area (Å²) in [4.78, 5) is 0.216. The number of ether oxygens (including phenoxy) is 1. The number of hydrogen-bond donors (Lipinski definition) is 0. The van der Waals surface area contributed by atoms with E-state index in [1.165, 1.54) is 29.2 Å². The van der Waals surface area contributed by atoms with Gasteiger partial charge in [-0.1, -0.05) is 30.3 Å². The Hall–Kier alpha value is -2.43. The maximum atomic E-state index is 13.8. The van der Waals surface area contributed by atoms with E-state index in [4.69, 9.17) is 9.15 Å². The zero-order valence-electron chi connectivity index (χ0n) is 17.0. The lowest BCUT2D eigenvalue weighted by atomic mass is 10.2. The minimum atomic E-state index is -3.55. The van der Waals surface area contributed by atoms with Crippen LogP contribution in [-0.2, 0) is 15.8 Å². The molecule has 1 aromatic heterocycles. The number of aromatic nitrogens is 2. The van der Waals surface area contributed by atoms with Crippen LogP contribution < -0.4 is 4.74 Å². The summed E-state index contributed by atoms with van der Waals surface area (Å²) >= 11 is 1.27. The number of hydrogen-bond acceptors (Lipinski definition) is 7. The largest absolute Gasteiger partial charge is 0.494 e. The summed E-state index contributed by atoms with van der Waals surface area (Å²) < 4.78 is 51.8. The molecule has 4 rings (SSSR count). The number of piperidine rings is 1. The van der Waals surface area contributed by atoms with Gasteiger partial charge in [-0.15, -0.1) is 10.2 Å². The average Bonchev–Trinajstić information content (AvgIpc) is 3.28. The first-order valence-electron chi connectivity index (χ1n) is 9.87. The highest BCUT2D eigenvalue weighted by Crippen LogP contribution is 2.29. The van der Waals surface area contributed by atoms with E-state index >= 15 is 0 Å². The molecule has 0 spiro atoms. The van der Waals surface area contributed by atoms with E-state index in [-0.39, 0.29) is 16.5 Å². The smallest absolute Gasteiger partial charge is 0.277 e. The number of benzene rings is 2. The van der Waals surface area contributed by atoms with Crippen molar-refractivity contribution in [3.8, 4) is 17.2 Å². The van der Waals surface area contributed by atoms with Gasteiger partial charge in [0.05, 0.1) is 12.0 Å². The molecule has 1 aliphatic heterocycles. The van der Waals surface area contributed by atoms with Gasteiger partial charge in [0, 0.05) is 24.4 Å². The van der Waals surface area contributed by atoms with Crippen molar-refractivity contribution in [2.45, 2.75) is 35.1 Å². The Bertz CT molecular complexity index is 1160. The molecule has 0 N–H and O–H groups in total. The Balaban J connectivity index is 1.47. The summed E-state index contributed by atoms with van der Waals surface area (Å²) in [5, 5.41) is 8.37. The molecule has 10 heteroatoms. The molecule has 3 aromatic rings. The fourth-order valence-corrected chi connectivity index (χ4v) is 5.64.